The van der Waals surface area contributed by atoms with Crippen molar-refractivity contribution in [1.82, 2.24) is 15.5 Å². The lowest BCUT2D eigenvalue weighted by Gasteiger charge is -2.11. The van der Waals surface area contributed by atoms with Gasteiger partial charge in [-0.25, -0.2) is 0 Å². The predicted molar refractivity (Wildman–Crippen MR) is 110 cm³/mol. The number of carbonyl (C=O) groups is 1. The number of nitrogens with zero attached hydrogens (tertiary/aromatic N) is 2. The fourth-order valence-corrected chi connectivity index (χ4v) is 2.80. The Morgan fingerprint density at radius 1 is 1.14 bits per heavy atom. The van der Waals surface area contributed by atoms with Gasteiger partial charge in [-0.1, -0.05) is 42.8 Å². The lowest BCUT2D eigenvalue weighted by molar-refractivity contribution is 0.0949. The van der Waals surface area contributed by atoms with Gasteiger partial charge in [-0.2, -0.15) is 4.98 Å². The van der Waals surface area contributed by atoms with Crippen molar-refractivity contribution >= 4 is 11.6 Å². The molecule has 1 aromatic heterocycles. The van der Waals surface area contributed by atoms with Gasteiger partial charge in [0.15, 0.2) is 0 Å². The van der Waals surface area contributed by atoms with E-state index >= 15 is 0 Å². The van der Waals surface area contributed by atoms with E-state index in [1.165, 1.54) is 0 Å². The molecule has 6 heteroatoms. The van der Waals surface area contributed by atoms with Gasteiger partial charge < -0.3 is 15.2 Å². The summed E-state index contributed by atoms with van der Waals surface area (Å²) in [5, 5.41) is 10.3. The third kappa shape index (κ3) is 4.97. The number of aryl methyl sites for hydroxylation is 2. The minimum Gasteiger partial charge on any atom is -0.376 e. The van der Waals surface area contributed by atoms with Gasteiger partial charge in [-0.15, -0.1) is 0 Å². The zero-order chi connectivity index (χ0) is 20.1. The first-order chi connectivity index (χ1) is 13.4. The Bertz CT molecular complexity index is 963. The highest BCUT2D eigenvalue weighted by Crippen LogP contribution is 2.20. The molecule has 146 valence electrons. The third-order valence-corrected chi connectivity index (χ3v) is 4.33. The molecule has 0 saturated carbocycles. The smallest absolute Gasteiger partial charge is 0.251 e. The standard InChI is InChI=1S/C22H26N4O2/c1-14(2)12-24-22(27)18-8-9-19(16(4)11-18)23-13-20-25-21(26-28-20)17-7-5-6-15(3)10-17/h5-11,14,23H,12-13H2,1-4H3,(H,24,27). The molecule has 3 rings (SSSR count). The number of aromatic nitrogens is 2. The van der Waals surface area contributed by atoms with Crippen molar-refractivity contribution in [2.75, 3.05) is 11.9 Å². The molecule has 6 nitrogen and oxygen atoms in total. The topological polar surface area (TPSA) is 80.0 Å². The SMILES string of the molecule is Cc1cccc(-c2noc(CNc3ccc(C(=O)NCC(C)C)cc3C)n2)c1. The van der Waals surface area contributed by atoms with Crippen molar-refractivity contribution in [2.45, 2.75) is 34.2 Å². The van der Waals surface area contributed by atoms with E-state index in [-0.39, 0.29) is 5.91 Å². The molecule has 0 aliphatic rings. The molecule has 2 aromatic carbocycles. The molecule has 0 saturated heterocycles. The second kappa shape index (κ2) is 8.69. The van der Waals surface area contributed by atoms with E-state index in [2.05, 4.69) is 34.6 Å². The number of hydrogen-bond acceptors (Lipinski definition) is 5. The minimum absolute atomic E-state index is 0.0527. The maximum atomic E-state index is 12.2. The van der Waals surface area contributed by atoms with Gasteiger partial charge in [0.25, 0.3) is 5.91 Å². The Balaban J connectivity index is 1.63. The summed E-state index contributed by atoms with van der Waals surface area (Å²) in [7, 11) is 0. The Hall–Kier alpha value is -3.15. The minimum atomic E-state index is -0.0527. The number of hydrogen-bond donors (Lipinski definition) is 2. The number of nitrogens with one attached hydrogen (secondary N) is 2. The first kappa shape index (κ1) is 19.6. The molecule has 0 bridgehead atoms. The fraction of sp³-hybridized carbons (Fsp3) is 0.318. The molecule has 3 aromatic rings. The zero-order valence-corrected chi connectivity index (χ0v) is 16.7. The molecule has 0 spiro atoms. The average molecular weight is 378 g/mol. The van der Waals surface area contributed by atoms with E-state index in [4.69, 9.17) is 4.52 Å². The van der Waals surface area contributed by atoms with E-state index in [1.54, 1.807) is 0 Å². The molecule has 0 radical (unpaired) electrons. The molecule has 1 heterocycles. The third-order valence-electron chi connectivity index (χ3n) is 4.33. The highest BCUT2D eigenvalue weighted by Gasteiger charge is 2.11. The molecule has 0 aliphatic carbocycles. The van der Waals surface area contributed by atoms with Crippen molar-refractivity contribution in [1.29, 1.82) is 0 Å². The van der Waals surface area contributed by atoms with Gasteiger partial charge in [-0.05, 0) is 49.6 Å². The second-order valence-corrected chi connectivity index (χ2v) is 7.37. The van der Waals surface area contributed by atoms with Gasteiger partial charge >= 0.3 is 0 Å². The summed E-state index contributed by atoms with van der Waals surface area (Å²) in [5.41, 5.74) is 4.65. The molecular weight excluding hydrogens is 352 g/mol. The van der Waals surface area contributed by atoms with E-state index in [1.807, 2.05) is 56.3 Å². The van der Waals surface area contributed by atoms with Gasteiger partial charge in [0.05, 0.1) is 6.54 Å². The highest BCUT2D eigenvalue weighted by molar-refractivity contribution is 5.94. The van der Waals surface area contributed by atoms with Crippen LogP contribution in [0.25, 0.3) is 11.4 Å². The summed E-state index contributed by atoms with van der Waals surface area (Å²) in [6, 6.07) is 13.6. The van der Waals surface area contributed by atoms with Crippen LogP contribution in [0.5, 0.6) is 0 Å². The van der Waals surface area contributed by atoms with Crippen LogP contribution in [0.2, 0.25) is 0 Å². The number of amides is 1. The summed E-state index contributed by atoms with van der Waals surface area (Å²) in [6.45, 7) is 9.22. The van der Waals surface area contributed by atoms with Crippen LogP contribution in [0.4, 0.5) is 5.69 Å². The van der Waals surface area contributed by atoms with Crippen LogP contribution >= 0.6 is 0 Å². The van der Waals surface area contributed by atoms with Gasteiger partial charge in [-0.3, -0.25) is 4.79 Å². The number of benzene rings is 2. The largest absolute Gasteiger partial charge is 0.376 e. The molecule has 0 unspecified atom stereocenters. The summed E-state index contributed by atoms with van der Waals surface area (Å²) in [4.78, 5) is 16.6. The molecule has 0 aliphatic heterocycles. The van der Waals surface area contributed by atoms with Crippen LogP contribution in [0.15, 0.2) is 47.0 Å². The van der Waals surface area contributed by atoms with Crippen molar-refractivity contribution in [3.05, 3.63) is 65.0 Å². The summed E-state index contributed by atoms with van der Waals surface area (Å²) >= 11 is 0. The molecule has 0 fully saturated rings. The average Bonchev–Trinajstić information content (AvgIpc) is 3.14. The number of anilines is 1. The number of carbonyl (C=O) groups excluding carboxylic acids is 1. The van der Waals surface area contributed by atoms with Crippen molar-refractivity contribution in [3.8, 4) is 11.4 Å². The van der Waals surface area contributed by atoms with Crippen LogP contribution in [0.3, 0.4) is 0 Å². The van der Waals surface area contributed by atoms with E-state index in [0.717, 1.165) is 22.4 Å². The van der Waals surface area contributed by atoms with E-state index in [9.17, 15) is 4.79 Å². The first-order valence-electron chi connectivity index (χ1n) is 9.44. The zero-order valence-electron chi connectivity index (χ0n) is 16.7. The molecule has 1 amide bonds. The van der Waals surface area contributed by atoms with Crippen LogP contribution in [0.1, 0.15) is 41.2 Å². The summed E-state index contributed by atoms with van der Waals surface area (Å²) in [5.74, 6) is 1.46. The summed E-state index contributed by atoms with van der Waals surface area (Å²) in [6.07, 6.45) is 0. The monoisotopic (exact) mass is 378 g/mol. The quantitative estimate of drug-likeness (QED) is 0.639. The van der Waals surface area contributed by atoms with Crippen molar-refractivity contribution in [2.24, 2.45) is 5.92 Å². The Morgan fingerprint density at radius 2 is 1.96 bits per heavy atom. The molecule has 0 atom stereocenters. The van der Waals surface area contributed by atoms with Crippen molar-refractivity contribution < 1.29 is 9.32 Å². The Kier molecular flexibility index (Phi) is 6.09. The predicted octanol–water partition coefficient (Wildman–Crippen LogP) is 4.35. The van der Waals surface area contributed by atoms with Crippen LogP contribution in [-0.2, 0) is 6.54 Å². The Labute approximate surface area is 165 Å². The summed E-state index contributed by atoms with van der Waals surface area (Å²) < 4.78 is 5.35. The maximum absolute atomic E-state index is 12.2. The van der Waals surface area contributed by atoms with E-state index in [0.29, 0.717) is 36.3 Å². The molecule has 28 heavy (non-hydrogen) atoms. The lowest BCUT2D eigenvalue weighted by Crippen LogP contribution is -2.27. The number of rotatable bonds is 7. The second-order valence-electron chi connectivity index (χ2n) is 7.37. The first-order valence-corrected chi connectivity index (χ1v) is 9.44. The molecule has 2 N–H and O–H groups in total. The maximum Gasteiger partial charge on any atom is 0.251 e. The lowest BCUT2D eigenvalue weighted by atomic mass is 10.1. The van der Waals surface area contributed by atoms with Crippen molar-refractivity contribution in [3.63, 3.8) is 0 Å². The van der Waals surface area contributed by atoms with Crippen LogP contribution < -0.4 is 10.6 Å². The van der Waals surface area contributed by atoms with Gasteiger partial charge in [0.2, 0.25) is 11.7 Å². The normalized spacial score (nSPS) is 10.9. The fourth-order valence-electron chi connectivity index (χ4n) is 2.80. The van der Waals surface area contributed by atoms with E-state index < -0.39 is 0 Å². The van der Waals surface area contributed by atoms with Crippen LogP contribution in [0, 0.1) is 19.8 Å². The van der Waals surface area contributed by atoms with Gasteiger partial charge in [0, 0.05) is 23.4 Å². The van der Waals surface area contributed by atoms with Crippen LogP contribution in [-0.4, -0.2) is 22.6 Å². The Morgan fingerprint density at radius 3 is 2.68 bits per heavy atom. The molecular formula is C22H26N4O2. The highest BCUT2D eigenvalue weighted by atomic mass is 16.5. The van der Waals surface area contributed by atoms with Gasteiger partial charge in [0.1, 0.15) is 0 Å².